The molecule has 1 fully saturated rings. The van der Waals surface area contributed by atoms with E-state index in [2.05, 4.69) is 10.4 Å². The molecule has 1 aliphatic heterocycles. The molecule has 126 valence electrons. The summed E-state index contributed by atoms with van der Waals surface area (Å²) in [5.74, 6) is -0.974. The van der Waals surface area contributed by atoms with Crippen molar-refractivity contribution in [2.45, 2.75) is 0 Å². The zero-order chi connectivity index (χ0) is 18.0. The fourth-order valence-electron chi connectivity index (χ4n) is 2.01. The fourth-order valence-corrected chi connectivity index (χ4v) is 3.69. The highest BCUT2D eigenvalue weighted by Crippen LogP contribution is 2.31. The van der Waals surface area contributed by atoms with Crippen LogP contribution in [0.2, 0.25) is 10.0 Å². The van der Waals surface area contributed by atoms with Crippen molar-refractivity contribution in [2.24, 2.45) is 0 Å². The molecule has 0 bridgehead atoms. The molecule has 1 N–H and O–H groups in total. The van der Waals surface area contributed by atoms with Gasteiger partial charge >= 0.3 is 0 Å². The summed E-state index contributed by atoms with van der Waals surface area (Å²) in [6, 6.07) is 8.03. The van der Waals surface area contributed by atoms with Gasteiger partial charge in [-0.25, -0.2) is 0 Å². The average Bonchev–Trinajstić information content (AvgIpc) is 2.83. The average molecular weight is 410 g/mol. The first-order valence-electron chi connectivity index (χ1n) is 6.90. The molecule has 1 aromatic carbocycles. The number of hydrogen-bond donors (Lipinski definition) is 1. The normalized spacial score (nSPS) is 15.8. The smallest absolute Gasteiger partial charge is 0.267 e. The minimum absolute atomic E-state index is 0.182. The van der Waals surface area contributed by atoms with Crippen LogP contribution in [0.1, 0.15) is 15.9 Å². The topological polar surface area (TPSA) is 62.3 Å². The van der Waals surface area contributed by atoms with Crippen molar-refractivity contribution < 1.29 is 9.59 Å². The van der Waals surface area contributed by atoms with Crippen molar-refractivity contribution in [1.82, 2.24) is 15.4 Å². The molecule has 5 nitrogen and oxygen atoms in total. The molecular weight excluding hydrogens is 401 g/mol. The molecule has 0 unspecified atom stereocenters. The number of thioether (sulfide) groups is 1. The van der Waals surface area contributed by atoms with E-state index in [0.29, 0.717) is 9.93 Å². The Morgan fingerprint density at radius 2 is 2.12 bits per heavy atom. The molecule has 2 heterocycles. The summed E-state index contributed by atoms with van der Waals surface area (Å²) in [5, 5.41) is 1.61. The van der Waals surface area contributed by atoms with E-state index < -0.39 is 11.8 Å². The molecule has 0 aliphatic carbocycles. The maximum absolute atomic E-state index is 12.5. The number of nitrogens with zero attached hydrogens (tertiary/aromatic N) is 2. The minimum atomic E-state index is -0.555. The lowest BCUT2D eigenvalue weighted by Gasteiger charge is -2.16. The van der Waals surface area contributed by atoms with Gasteiger partial charge in [0.2, 0.25) is 0 Å². The summed E-state index contributed by atoms with van der Waals surface area (Å²) in [5.41, 5.74) is 3.42. The van der Waals surface area contributed by atoms with Gasteiger partial charge in [0.05, 0.1) is 15.5 Å². The molecule has 1 aliphatic rings. The monoisotopic (exact) mass is 409 g/mol. The predicted octanol–water partition coefficient (Wildman–Crippen LogP) is 3.93. The van der Waals surface area contributed by atoms with Crippen molar-refractivity contribution in [3.8, 4) is 0 Å². The number of carbonyl (C=O) groups is 2. The van der Waals surface area contributed by atoms with Crippen molar-refractivity contribution in [3.05, 3.63) is 68.8 Å². The van der Waals surface area contributed by atoms with E-state index in [0.717, 1.165) is 22.3 Å². The first kappa shape index (κ1) is 17.9. The van der Waals surface area contributed by atoms with Gasteiger partial charge in [0, 0.05) is 17.4 Å². The summed E-state index contributed by atoms with van der Waals surface area (Å²) in [6.45, 7) is 0. The van der Waals surface area contributed by atoms with E-state index in [1.807, 2.05) is 6.07 Å². The predicted molar refractivity (Wildman–Crippen MR) is 103 cm³/mol. The maximum Gasteiger partial charge on any atom is 0.285 e. The van der Waals surface area contributed by atoms with Crippen molar-refractivity contribution >= 4 is 69.4 Å². The van der Waals surface area contributed by atoms with Gasteiger partial charge in [-0.3, -0.25) is 20.0 Å². The lowest BCUT2D eigenvalue weighted by molar-refractivity contribution is -0.123. The van der Waals surface area contributed by atoms with Crippen LogP contribution in [0.25, 0.3) is 6.08 Å². The van der Waals surface area contributed by atoms with Crippen molar-refractivity contribution in [2.75, 3.05) is 0 Å². The highest BCUT2D eigenvalue weighted by molar-refractivity contribution is 8.26. The van der Waals surface area contributed by atoms with E-state index in [-0.39, 0.29) is 14.9 Å². The van der Waals surface area contributed by atoms with E-state index in [9.17, 15) is 9.59 Å². The number of carbonyl (C=O) groups excluding carboxylic acids is 2. The number of hydrazine groups is 1. The standard InChI is InChI=1S/C16H9Cl2N3O2S2/c17-10-3-4-11(12(18)7-10)14(22)20-21-15(23)13(25-16(21)24)6-9-2-1-5-19-8-9/h1-8H,(H,20,22). The van der Waals surface area contributed by atoms with Crippen molar-refractivity contribution in [3.63, 3.8) is 0 Å². The largest absolute Gasteiger partial charge is 0.285 e. The number of pyridine rings is 1. The van der Waals surface area contributed by atoms with Crippen LogP contribution in [0.4, 0.5) is 0 Å². The molecule has 2 amide bonds. The second-order valence-corrected chi connectivity index (χ2v) is 7.39. The SMILES string of the molecule is O=C(NN1C(=O)C(=Cc2cccnc2)SC1=S)c1ccc(Cl)cc1Cl. The number of rotatable bonds is 3. The minimum Gasteiger partial charge on any atom is -0.267 e. The second-order valence-electron chi connectivity index (χ2n) is 4.87. The Kier molecular flexibility index (Phi) is 5.39. The Bertz CT molecular complexity index is 904. The molecule has 1 saturated heterocycles. The highest BCUT2D eigenvalue weighted by Gasteiger charge is 2.34. The second kappa shape index (κ2) is 7.53. The van der Waals surface area contributed by atoms with Crippen molar-refractivity contribution in [1.29, 1.82) is 0 Å². The zero-order valence-corrected chi connectivity index (χ0v) is 15.5. The number of hydrogen-bond acceptors (Lipinski definition) is 5. The Morgan fingerprint density at radius 1 is 1.32 bits per heavy atom. The van der Waals surface area contributed by atoms with E-state index in [1.54, 1.807) is 24.5 Å². The summed E-state index contributed by atoms with van der Waals surface area (Å²) < 4.78 is 0.221. The molecule has 0 radical (unpaired) electrons. The number of benzene rings is 1. The van der Waals surface area contributed by atoms with Crippen LogP contribution in [-0.2, 0) is 4.79 Å². The van der Waals surface area contributed by atoms with Gasteiger partial charge in [0.1, 0.15) is 0 Å². The fraction of sp³-hybridized carbons (Fsp3) is 0. The summed E-state index contributed by atoms with van der Waals surface area (Å²) >= 11 is 18.1. The molecule has 2 aromatic rings. The molecule has 9 heteroatoms. The van der Waals surface area contributed by atoms with E-state index in [4.69, 9.17) is 35.4 Å². The third kappa shape index (κ3) is 4.01. The molecule has 3 rings (SSSR count). The molecule has 1 aromatic heterocycles. The van der Waals surface area contributed by atoms with Gasteiger partial charge in [0.15, 0.2) is 4.32 Å². The zero-order valence-electron chi connectivity index (χ0n) is 12.4. The first-order valence-corrected chi connectivity index (χ1v) is 8.88. The van der Waals surface area contributed by atoms with Gasteiger partial charge < -0.3 is 0 Å². The molecule has 0 saturated carbocycles. The van der Waals surface area contributed by atoms with Gasteiger partial charge in [-0.15, -0.1) is 0 Å². The molecular formula is C16H9Cl2N3O2S2. The van der Waals surface area contributed by atoms with Gasteiger partial charge in [-0.05, 0) is 48.1 Å². The van der Waals surface area contributed by atoms with E-state index >= 15 is 0 Å². The Balaban J connectivity index is 1.79. The van der Waals surface area contributed by atoms with Crippen LogP contribution in [0.3, 0.4) is 0 Å². The molecule has 0 atom stereocenters. The Morgan fingerprint density at radius 3 is 2.80 bits per heavy atom. The quantitative estimate of drug-likeness (QED) is 0.614. The number of amides is 2. The number of halogens is 2. The van der Waals surface area contributed by atoms with Crippen LogP contribution in [0.15, 0.2) is 47.6 Å². The van der Waals surface area contributed by atoms with Crippen LogP contribution in [0.5, 0.6) is 0 Å². The van der Waals surface area contributed by atoms with Crippen LogP contribution >= 0.6 is 47.2 Å². The van der Waals surface area contributed by atoms with E-state index in [1.165, 1.54) is 18.2 Å². The number of nitrogens with one attached hydrogen (secondary N) is 1. The highest BCUT2D eigenvalue weighted by atomic mass is 35.5. The van der Waals surface area contributed by atoms with Crippen LogP contribution < -0.4 is 5.43 Å². The molecule has 0 spiro atoms. The summed E-state index contributed by atoms with van der Waals surface area (Å²) in [4.78, 5) is 29.2. The first-order chi connectivity index (χ1) is 12.0. The van der Waals surface area contributed by atoms with Crippen LogP contribution in [-0.4, -0.2) is 26.1 Å². The van der Waals surface area contributed by atoms with Gasteiger partial charge in [-0.1, -0.05) is 41.0 Å². The third-order valence-corrected chi connectivity index (χ3v) is 5.01. The Hall–Kier alpha value is -1.93. The summed E-state index contributed by atoms with van der Waals surface area (Å²) in [6.07, 6.45) is 4.92. The lowest BCUT2D eigenvalue weighted by atomic mass is 10.2. The number of thiocarbonyl (C=S) groups is 1. The maximum atomic E-state index is 12.5. The van der Waals surface area contributed by atoms with Gasteiger partial charge in [0.25, 0.3) is 11.8 Å². The molecule has 25 heavy (non-hydrogen) atoms. The lowest BCUT2D eigenvalue weighted by Crippen LogP contribution is -2.44. The summed E-state index contributed by atoms with van der Waals surface area (Å²) in [7, 11) is 0. The van der Waals surface area contributed by atoms with Crippen LogP contribution in [0, 0.1) is 0 Å². The third-order valence-electron chi connectivity index (χ3n) is 3.16. The Labute approximate surface area is 163 Å². The number of aromatic nitrogens is 1. The van der Waals surface area contributed by atoms with Gasteiger partial charge in [-0.2, -0.15) is 5.01 Å².